The lowest BCUT2D eigenvalue weighted by molar-refractivity contribution is -0.0220. The average Bonchev–Trinajstić information content (AvgIpc) is 2.29. The van der Waals surface area contributed by atoms with E-state index in [0.29, 0.717) is 13.1 Å². The van der Waals surface area contributed by atoms with Crippen LogP contribution in [0.3, 0.4) is 0 Å². The molecule has 1 aromatic carbocycles. The molecule has 88 valence electrons. The summed E-state index contributed by atoms with van der Waals surface area (Å²) >= 11 is 0. The molecule has 1 fully saturated rings. The van der Waals surface area contributed by atoms with Crippen molar-refractivity contribution >= 4 is 11.4 Å². The number of nitrogens with zero attached hydrogens (tertiary/aromatic N) is 1. The van der Waals surface area contributed by atoms with Crippen LogP contribution >= 0.6 is 0 Å². The standard InChI is InChI=1S/C12H16F2N2/c1-15-10-3-2-4-11(9-10)16-7-5-12(13,14)6-8-16/h2-4,9,15H,5-8H2,1H3. The highest BCUT2D eigenvalue weighted by Gasteiger charge is 2.33. The lowest BCUT2D eigenvalue weighted by Gasteiger charge is -2.33. The maximum Gasteiger partial charge on any atom is 0.251 e. The van der Waals surface area contributed by atoms with Crippen molar-refractivity contribution in [2.24, 2.45) is 0 Å². The van der Waals surface area contributed by atoms with E-state index in [1.165, 1.54) is 0 Å². The molecule has 0 atom stereocenters. The number of hydrogen-bond donors (Lipinski definition) is 1. The number of benzene rings is 1. The van der Waals surface area contributed by atoms with Crippen LogP contribution in [-0.2, 0) is 0 Å². The van der Waals surface area contributed by atoms with Crippen LogP contribution in [0.15, 0.2) is 24.3 Å². The van der Waals surface area contributed by atoms with Crippen LogP contribution in [0.25, 0.3) is 0 Å². The van der Waals surface area contributed by atoms with Crippen molar-refractivity contribution < 1.29 is 8.78 Å². The Morgan fingerprint density at radius 2 is 1.94 bits per heavy atom. The SMILES string of the molecule is CNc1cccc(N2CCC(F)(F)CC2)c1. The van der Waals surface area contributed by atoms with E-state index in [1.807, 2.05) is 36.2 Å². The molecule has 0 bridgehead atoms. The third kappa shape index (κ3) is 2.43. The summed E-state index contributed by atoms with van der Waals surface area (Å²) < 4.78 is 26.0. The van der Waals surface area contributed by atoms with Crippen molar-refractivity contribution in [3.8, 4) is 0 Å². The summed E-state index contributed by atoms with van der Waals surface area (Å²) in [5, 5.41) is 3.05. The van der Waals surface area contributed by atoms with Crippen LogP contribution in [0.4, 0.5) is 20.2 Å². The van der Waals surface area contributed by atoms with Gasteiger partial charge in [-0.15, -0.1) is 0 Å². The normalized spacial score (nSPS) is 19.6. The van der Waals surface area contributed by atoms with Crippen LogP contribution in [0.1, 0.15) is 12.8 Å². The van der Waals surface area contributed by atoms with Crippen LogP contribution in [0.2, 0.25) is 0 Å². The Bertz CT molecular complexity index is 356. The molecule has 0 aliphatic carbocycles. The summed E-state index contributed by atoms with van der Waals surface area (Å²) in [5.74, 6) is -2.48. The average molecular weight is 226 g/mol. The fourth-order valence-corrected chi connectivity index (χ4v) is 1.95. The lowest BCUT2D eigenvalue weighted by Crippen LogP contribution is -2.39. The molecule has 1 aliphatic rings. The summed E-state index contributed by atoms with van der Waals surface area (Å²) in [4.78, 5) is 2.01. The lowest BCUT2D eigenvalue weighted by atomic mass is 10.1. The second-order valence-corrected chi connectivity index (χ2v) is 4.14. The smallest absolute Gasteiger partial charge is 0.251 e. The van der Waals surface area contributed by atoms with Crippen molar-refractivity contribution in [2.75, 3.05) is 30.4 Å². The number of hydrogen-bond acceptors (Lipinski definition) is 2. The van der Waals surface area contributed by atoms with Crippen molar-refractivity contribution in [3.05, 3.63) is 24.3 Å². The zero-order chi connectivity index (χ0) is 11.6. The number of rotatable bonds is 2. The van der Waals surface area contributed by atoms with Crippen molar-refractivity contribution in [2.45, 2.75) is 18.8 Å². The number of nitrogens with one attached hydrogen (secondary N) is 1. The Kier molecular flexibility index (Phi) is 2.99. The maximum atomic E-state index is 13.0. The second-order valence-electron chi connectivity index (χ2n) is 4.14. The number of halogens is 2. The Hall–Kier alpha value is -1.32. The fourth-order valence-electron chi connectivity index (χ4n) is 1.95. The molecule has 4 heteroatoms. The van der Waals surface area contributed by atoms with E-state index in [-0.39, 0.29) is 12.8 Å². The van der Waals surface area contributed by atoms with Gasteiger partial charge in [-0.3, -0.25) is 0 Å². The molecule has 1 saturated heterocycles. The maximum absolute atomic E-state index is 13.0. The zero-order valence-electron chi connectivity index (χ0n) is 9.34. The summed E-state index contributed by atoms with van der Waals surface area (Å²) in [5.41, 5.74) is 2.03. The van der Waals surface area contributed by atoms with Crippen LogP contribution < -0.4 is 10.2 Å². The first-order chi connectivity index (χ1) is 7.61. The fraction of sp³-hybridized carbons (Fsp3) is 0.500. The van der Waals surface area contributed by atoms with Gasteiger partial charge in [0.05, 0.1) is 0 Å². The summed E-state index contributed by atoms with van der Waals surface area (Å²) in [6, 6.07) is 7.85. The third-order valence-corrected chi connectivity index (χ3v) is 2.99. The molecular weight excluding hydrogens is 210 g/mol. The van der Waals surface area contributed by atoms with Gasteiger partial charge in [0, 0.05) is 44.4 Å². The summed E-state index contributed by atoms with van der Waals surface area (Å²) in [7, 11) is 1.85. The minimum Gasteiger partial charge on any atom is -0.388 e. The molecule has 0 saturated carbocycles. The first-order valence-corrected chi connectivity index (χ1v) is 5.51. The Labute approximate surface area is 94.3 Å². The van der Waals surface area contributed by atoms with E-state index < -0.39 is 5.92 Å². The van der Waals surface area contributed by atoms with Gasteiger partial charge in [0.1, 0.15) is 0 Å². The molecular formula is C12H16F2N2. The first-order valence-electron chi connectivity index (χ1n) is 5.51. The van der Waals surface area contributed by atoms with E-state index in [1.54, 1.807) is 0 Å². The van der Waals surface area contributed by atoms with Crippen LogP contribution in [0, 0.1) is 0 Å². The molecule has 16 heavy (non-hydrogen) atoms. The minimum absolute atomic E-state index is 0.0449. The van der Waals surface area contributed by atoms with Crippen LogP contribution in [-0.4, -0.2) is 26.1 Å². The topological polar surface area (TPSA) is 15.3 Å². The second kappa shape index (κ2) is 4.28. The Balaban J connectivity index is 2.08. The van der Waals surface area contributed by atoms with Crippen LogP contribution in [0.5, 0.6) is 0 Å². The van der Waals surface area contributed by atoms with Gasteiger partial charge in [-0.25, -0.2) is 8.78 Å². The molecule has 1 aliphatic heterocycles. The van der Waals surface area contributed by atoms with E-state index in [9.17, 15) is 8.78 Å². The van der Waals surface area contributed by atoms with Gasteiger partial charge >= 0.3 is 0 Å². The van der Waals surface area contributed by atoms with Gasteiger partial charge < -0.3 is 10.2 Å². The van der Waals surface area contributed by atoms with Gasteiger partial charge in [0.2, 0.25) is 0 Å². The molecule has 0 amide bonds. The highest BCUT2D eigenvalue weighted by molar-refractivity contribution is 5.58. The van der Waals surface area contributed by atoms with Gasteiger partial charge in [-0.1, -0.05) is 6.07 Å². The number of piperidine rings is 1. The zero-order valence-corrected chi connectivity index (χ0v) is 9.34. The van der Waals surface area contributed by atoms with E-state index >= 15 is 0 Å². The largest absolute Gasteiger partial charge is 0.388 e. The highest BCUT2D eigenvalue weighted by atomic mass is 19.3. The van der Waals surface area contributed by atoms with Crippen molar-refractivity contribution in [1.82, 2.24) is 0 Å². The first kappa shape index (κ1) is 11.2. The number of anilines is 2. The molecule has 0 aromatic heterocycles. The predicted molar refractivity (Wildman–Crippen MR) is 62.4 cm³/mol. The molecule has 2 rings (SSSR count). The van der Waals surface area contributed by atoms with Gasteiger partial charge in [0.15, 0.2) is 0 Å². The predicted octanol–water partition coefficient (Wildman–Crippen LogP) is 2.96. The van der Waals surface area contributed by atoms with E-state index in [4.69, 9.17) is 0 Å². The Morgan fingerprint density at radius 1 is 1.25 bits per heavy atom. The third-order valence-electron chi connectivity index (χ3n) is 2.99. The van der Waals surface area contributed by atoms with Crippen molar-refractivity contribution in [1.29, 1.82) is 0 Å². The van der Waals surface area contributed by atoms with E-state index in [2.05, 4.69) is 5.32 Å². The van der Waals surface area contributed by atoms with Crippen molar-refractivity contribution in [3.63, 3.8) is 0 Å². The van der Waals surface area contributed by atoms with Gasteiger partial charge in [-0.2, -0.15) is 0 Å². The molecule has 1 N–H and O–H groups in total. The molecule has 0 radical (unpaired) electrons. The molecule has 2 nitrogen and oxygen atoms in total. The molecule has 1 aromatic rings. The molecule has 1 heterocycles. The summed E-state index contributed by atoms with van der Waals surface area (Å²) in [6.07, 6.45) is -0.0897. The molecule has 0 unspecified atom stereocenters. The van der Waals surface area contributed by atoms with E-state index in [0.717, 1.165) is 11.4 Å². The molecule has 0 spiro atoms. The van der Waals surface area contributed by atoms with Gasteiger partial charge in [0.25, 0.3) is 5.92 Å². The number of alkyl halides is 2. The quantitative estimate of drug-likeness (QED) is 0.834. The monoisotopic (exact) mass is 226 g/mol. The minimum atomic E-state index is -2.48. The van der Waals surface area contributed by atoms with Gasteiger partial charge in [-0.05, 0) is 18.2 Å². The highest BCUT2D eigenvalue weighted by Crippen LogP contribution is 2.31. The Morgan fingerprint density at radius 3 is 2.56 bits per heavy atom. The summed E-state index contributed by atoms with van der Waals surface area (Å²) in [6.45, 7) is 0.861.